The van der Waals surface area contributed by atoms with Gasteiger partial charge in [0.05, 0.1) is 11.7 Å². The van der Waals surface area contributed by atoms with Crippen LogP contribution in [0.4, 0.5) is 0 Å². The van der Waals surface area contributed by atoms with E-state index in [-0.39, 0.29) is 5.75 Å². The number of aromatic nitrogens is 1. The van der Waals surface area contributed by atoms with E-state index in [2.05, 4.69) is 33.9 Å². The zero-order valence-corrected chi connectivity index (χ0v) is 9.37. The number of hydrogen-bond donors (Lipinski definition) is 1. The van der Waals surface area contributed by atoms with Crippen LogP contribution < -0.4 is 0 Å². The molecular weight excluding hydrogens is 242 g/mol. The molecule has 0 saturated heterocycles. The van der Waals surface area contributed by atoms with Gasteiger partial charge in [-0.3, -0.25) is 4.98 Å². The quantitative estimate of drug-likeness (QED) is 0.844. The van der Waals surface area contributed by atoms with Crippen molar-refractivity contribution in [2.24, 2.45) is 0 Å². The lowest BCUT2D eigenvalue weighted by molar-refractivity contribution is 0.474. The average molecular weight is 252 g/mol. The number of aromatic hydroxyl groups is 1. The lowest BCUT2D eigenvalue weighted by atomic mass is 10.1. The number of hydrogen-bond acceptors (Lipinski definition) is 2. The molecule has 72 valence electrons. The third kappa shape index (κ3) is 1.60. The Balaban J connectivity index is 2.81. The molecule has 2 nitrogen and oxygen atoms in total. The molecule has 0 aliphatic heterocycles. The fourth-order valence-electron chi connectivity index (χ4n) is 1.54. The van der Waals surface area contributed by atoms with Crippen LogP contribution in [-0.4, -0.2) is 10.1 Å². The molecular formula is C11H10BrNO. The van der Waals surface area contributed by atoms with Gasteiger partial charge in [0, 0.05) is 9.86 Å². The predicted molar refractivity (Wildman–Crippen MR) is 60.5 cm³/mol. The highest BCUT2D eigenvalue weighted by Gasteiger charge is 2.03. The molecule has 2 rings (SSSR count). The highest BCUT2D eigenvalue weighted by atomic mass is 79.9. The Morgan fingerprint density at radius 3 is 2.86 bits per heavy atom. The molecule has 1 heterocycles. The maximum absolute atomic E-state index is 9.31. The average Bonchev–Trinajstić information content (AvgIpc) is 2.15. The molecule has 0 atom stereocenters. The SMILES string of the molecule is CCc1cc(Br)cc2cc(O)cnc12. The van der Waals surface area contributed by atoms with E-state index in [1.807, 2.05) is 6.07 Å². The standard InChI is InChI=1S/C11H10BrNO/c1-2-7-3-9(12)4-8-5-10(14)6-13-11(7)8/h3-6,14H,2H2,1H3. The molecule has 0 saturated carbocycles. The van der Waals surface area contributed by atoms with Crippen LogP contribution in [0.3, 0.4) is 0 Å². The number of nitrogens with zero attached hydrogens (tertiary/aromatic N) is 1. The van der Waals surface area contributed by atoms with Crippen molar-refractivity contribution in [1.82, 2.24) is 4.98 Å². The van der Waals surface area contributed by atoms with E-state index in [4.69, 9.17) is 0 Å². The van der Waals surface area contributed by atoms with Crippen LogP contribution in [0.15, 0.2) is 28.9 Å². The first-order valence-corrected chi connectivity index (χ1v) is 5.27. The number of benzene rings is 1. The van der Waals surface area contributed by atoms with Gasteiger partial charge in [-0.05, 0) is 30.2 Å². The number of aryl methyl sites for hydroxylation is 1. The molecule has 1 aromatic carbocycles. The zero-order chi connectivity index (χ0) is 10.1. The highest BCUT2D eigenvalue weighted by molar-refractivity contribution is 9.10. The summed E-state index contributed by atoms with van der Waals surface area (Å²) in [5.74, 6) is 0.206. The van der Waals surface area contributed by atoms with E-state index in [0.717, 1.165) is 21.8 Å². The van der Waals surface area contributed by atoms with Crippen molar-refractivity contribution in [2.75, 3.05) is 0 Å². The first-order valence-electron chi connectivity index (χ1n) is 4.48. The number of halogens is 1. The van der Waals surface area contributed by atoms with Crippen LogP contribution in [0.25, 0.3) is 10.9 Å². The molecule has 0 radical (unpaired) electrons. The van der Waals surface area contributed by atoms with Gasteiger partial charge in [0.15, 0.2) is 0 Å². The Morgan fingerprint density at radius 2 is 2.14 bits per heavy atom. The van der Waals surface area contributed by atoms with Gasteiger partial charge < -0.3 is 5.11 Å². The second-order valence-corrected chi connectivity index (χ2v) is 4.10. The van der Waals surface area contributed by atoms with Crippen molar-refractivity contribution >= 4 is 26.8 Å². The van der Waals surface area contributed by atoms with Crippen molar-refractivity contribution < 1.29 is 5.11 Å². The van der Waals surface area contributed by atoms with E-state index >= 15 is 0 Å². The third-order valence-electron chi connectivity index (χ3n) is 2.19. The predicted octanol–water partition coefficient (Wildman–Crippen LogP) is 3.27. The summed E-state index contributed by atoms with van der Waals surface area (Å²) in [4.78, 5) is 4.22. The first-order chi connectivity index (χ1) is 6.70. The van der Waals surface area contributed by atoms with Gasteiger partial charge >= 0.3 is 0 Å². The minimum atomic E-state index is 0.206. The van der Waals surface area contributed by atoms with Gasteiger partial charge in [-0.2, -0.15) is 0 Å². The van der Waals surface area contributed by atoms with Crippen molar-refractivity contribution in [3.05, 3.63) is 34.4 Å². The monoisotopic (exact) mass is 251 g/mol. The molecule has 0 unspecified atom stereocenters. The maximum atomic E-state index is 9.31. The maximum Gasteiger partial charge on any atom is 0.134 e. The first kappa shape index (κ1) is 9.46. The molecule has 0 spiro atoms. The van der Waals surface area contributed by atoms with Crippen LogP contribution in [0.2, 0.25) is 0 Å². The van der Waals surface area contributed by atoms with Gasteiger partial charge in [0.2, 0.25) is 0 Å². The molecule has 0 bridgehead atoms. The van der Waals surface area contributed by atoms with Crippen LogP contribution in [0.5, 0.6) is 5.75 Å². The van der Waals surface area contributed by atoms with Gasteiger partial charge in [-0.15, -0.1) is 0 Å². The fraction of sp³-hybridized carbons (Fsp3) is 0.182. The summed E-state index contributed by atoms with van der Waals surface area (Å²) >= 11 is 3.44. The van der Waals surface area contributed by atoms with Crippen LogP contribution in [0.1, 0.15) is 12.5 Å². The molecule has 0 amide bonds. The largest absolute Gasteiger partial charge is 0.506 e. The van der Waals surface area contributed by atoms with E-state index < -0.39 is 0 Å². The van der Waals surface area contributed by atoms with Crippen molar-refractivity contribution in [3.8, 4) is 5.75 Å². The molecule has 0 aliphatic carbocycles. The summed E-state index contributed by atoms with van der Waals surface area (Å²) in [5.41, 5.74) is 2.16. The Hall–Kier alpha value is -1.09. The fourth-order valence-corrected chi connectivity index (χ4v) is 2.07. The van der Waals surface area contributed by atoms with E-state index in [0.29, 0.717) is 0 Å². The van der Waals surface area contributed by atoms with Crippen molar-refractivity contribution in [1.29, 1.82) is 0 Å². The van der Waals surface area contributed by atoms with Crippen LogP contribution >= 0.6 is 15.9 Å². The molecule has 0 aliphatic rings. The summed E-state index contributed by atoms with van der Waals surface area (Å²) < 4.78 is 1.02. The molecule has 1 N–H and O–H groups in total. The van der Waals surface area contributed by atoms with Gasteiger partial charge in [-0.1, -0.05) is 22.9 Å². The lowest BCUT2D eigenvalue weighted by Gasteiger charge is -2.04. The van der Waals surface area contributed by atoms with E-state index in [1.54, 1.807) is 6.07 Å². The summed E-state index contributed by atoms with van der Waals surface area (Å²) in [6.45, 7) is 2.09. The van der Waals surface area contributed by atoms with Crippen LogP contribution in [-0.2, 0) is 6.42 Å². The second kappa shape index (κ2) is 3.58. The Labute approximate surface area is 90.7 Å². The normalized spacial score (nSPS) is 10.7. The number of rotatable bonds is 1. The molecule has 1 aromatic heterocycles. The number of fused-ring (bicyclic) bond motifs is 1. The smallest absolute Gasteiger partial charge is 0.134 e. The summed E-state index contributed by atoms with van der Waals surface area (Å²) in [5, 5.41) is 10.3. The van der Waals surface area contributed by atoms with Crippen molar-refractivity contribution in [3.63, 3.8) is 0 Å². The third-order valence-corrected chi connectivity index (χ3v) is 2.65. The Bertz CT molecular complexity index is 477. The molecule has 2 aromatic rings. The minimum Gasteiger partial charge on any atom is -0.506 e. The molecule has 14 heavy (non-hydrogen) atoms. The summed E-state index contributed by atoms with van der Waals surface area (Å²) in [6, 6.07) is 5.75. The Morgan fingerprint density at radius 1 is 1.36 bits per heavy atom. The van der Waals surface area contributed by atoms with Crippen molar-refractivity contribution in [2.45, 2.75) is 13.3 Å². The lowest BCUT2D eigenvalue weighted by Crippen LogP contribution is -1.87. The molecule has 0 fully saturated rings. The van der Waals surface area contributed by atoms with Gasteiger partial charge in [0.25, 0.3) is 0 Å². The Kier molecular flexibility index (Phi) is 2.42. The highest BCUT2D eigenvalue weighted by Crippen LogP contribution is 2.25. The summed E-state index contributed by atoms with van der Waals surface area (Å²) in [6.07, 6.45) is 2.42. The molecule has 3 heteroatoms. The van der Waals surface area contributed by atoms with E-state index in [1.165, 1.54) is 11.8 Å². The van der Waals surface area contributed by atoms with Crippen LogP contribution in [0, 0.1) is 0 Å². The topological polar surface area (TPSA) is 33.1 Å². The van der Waals surface area contributed by atoms with Gasteiger partial charge in [-0.25, -0.2) is 0 Å². The second-order valence-electron chi connectivity index (χ2n) is 3.18. The van der Waals surface area contributed by atoms with Gasteiger partial charge in [0.1, 0.15) is 5.75 Å². The summed E-state index contributed by atoms with van der Waals surface area (Å²) in [7, 11) is 0. The van der Waals surface area contributed by atoms with E-state index in [9.17, 15) is 5.11 Å². The zero-order valence-electron chi connectivity index (χ0n) is 7.79. The minimum absolute atomic E-state index is 0.206. The number of pyridine rings is 1.